The Morgan fingerprint density at radius 1 is 1.54 bits per heavy atom. The van der Waals surface area contributed by atoms with Crippen LogP contribution in [0.2, 0.25) is 0 Å². The summed E-state index contributed by atoms with van der Waals surface area (Å²) in [5.41, 5.74) is 7.75. The zero-order valence-corrected chi connectivity index (χ0v) is 8.13. The van der Waals surface area contributed by atoms with Gasteiger partial charge in [-0.1, -0.05) is 6.92 Å². The first-order chi connectivity index (χ1) is 6.10. The molecule has 13 heavy (non-hydrogen) atoms. The second-order valence-corrected chi connectivity index (χ2v) is 4.81. The number of aromatic nitrogens is 1. The van der Waals surface area contributed by atoms with Crippen molar-refractivity contribution >= 4 is 9.84 Å². The van der Waals surface area contributed by atoms with Crippen LogP contribution in [0.1, 0.15) is 12.5 Å². The van der Waals surface area contributed by atoms with Crippen LogP contribution in [0.3, 0.4) is 0 Å². The molecule has 0 aliphatic carbocycles. The predicted molar refractivity (Wildman–Crippen MR) is 48.8 cm³/mol. The van der Waals surface area contributed by atoms with Crippen LogP contribution in [-0.4, -0.2) is 19.2 Å². The number of sulfone groups is 1. The highest BCUT2D eigenvalue weighted by molar-refractivity contribution is 7.91. The lowest BCUT2D eigenvalue weighted by Gasteiger charge is -2.01. The topological polar surface area (TPSA) is 70.8 Å². The molecule has 1 aromatic heterocycles. The third kappa shape index (κ3) is 2.26. The van der Waals surface area contributed by atoms with Crippen LogP contribution in [0.4, 0.5) is 0 Å². The number of hydrogen-bond donors (Lipinski definition) is 0. The van der Waals surface area contributed by atoms with E-state index in [1.807, 2.05) is 0 Å². The lowest BCUT2D eigenvalue weighted by molar-refractivity contribution is 0.593. The van der Waals surface area contributed by atoms with E-state index in [-0.39, 0.29) is 17.3 Å². The second-order valence-electron chi connectivity index (χ2n) is 2.58. The molecule has 1 aromatic rings. The van der Waals surface area contributed by atoms with Crippen molar-refractivity contribution in [3.8, 4) is 0 Å². The molecular weight excluding hydrogens is 188 g/mol. The fourth-order valence-corrected chi connectivity index (χ4v) is 1.73. The van der Waals surface area contributed by atoms with Crippen LogP contribution in [-0.2, 0) is 16.4 Å². The van der Waals surface area contributed by atoms with Crippen molar-refractivity contribution in [2.45, 2.75) is 18.5 Å². The van der Waals surface area contributed by atoms with Crippen molar-refractivity contribution in [3.05, 3.63) is 23.9 Å². The van der Waals surface area contributed by atoms with Gasteiger partial charge in [0.15, 0.2) is 14.9 Å². The van der Waals surface area contributed by atoms with Gasteiger partial charge in [0.2, 0.25) is 0 Å². The summed E-state index contributed by atoms with van der Waals surface area (Å²) < 4.78 is 22.7. The Hall–Kier alpha value is -0.940. The molecule has 0 fully saturated rings. The van der Waals surface area contributed by atoms with Crippen LogP contribution < -0.4 is 5.73 Å². The van der Waals surface area contributed by atoms with Crippen LogP contribution in [0, 0.1) is 0 Å². The molecule has 0 bridgehead atoms. The molecule has 4 nitrogen and oxygen atoms in total. The molecule has 0 atom stereocenters. The first-order valence-electron chi connectivity index (χ1n) is 3.92. The predicted octanol–water partition coefficient (Wildman–Crippen LogP) is 0.658. The summed E-state index contributed by atoms with van der Waals surface area (Å²) in [6.45, 7) is 1.65. The summed E-state index contributed by atoms with van der Waals surface area (Å²) in [4.78, 5) is 3.76. The maximum atomic E-state index is 11.3. The molecule has 0 aromatic carbocycles. The molecule has 0 aliphatic rings. The summed E-state index contributed by atoms with van der Waals surface area (Å²) in [5, 5.41) is 0.0692. The Labute approximate surface area is 77.7 Å². The van der Waals surface area contributed by atoms with Gasteiger partial charge in [-0.25, -0.2) is 13.4 Å². The smallest absolute Gasteiger partial charge is 0.195 e. The van der Waals surface area contributed by atoms with Gasteiger partial charge in [0.25, 0.3) is 0 Å². The van der Waals surface area contributed by atoms with E-state index >= 15 is 0 Å². The van der Waals surface area contributed by atoms with Gasteiger partial charge in [0.05, 0.1) is 5.75 Å². The Balaban J connectivity index is 3.17. The van der Waals surface area contributed by atoms with E-state index < -0.39 is 9.84 Å². The fraction of sp³-hybridized carbons (Fsp3) is 0.375. The van der Waals surface area contributed by atoms with Crippen LogP contribution in [0.15, 0.2) is 23.4 Å². The fourth-order valence-electron chi connectivity index (χ4n) is 0.878. The Morgan fingerprint density at radius 3 is 2.77 bits per heavy atom. The summed E-state index contributed by atoms with van der Waals surface area (Å²) in [5.74, 6) is 0.0431. The molecule has 1 rings (SSSR count). The second kappa shape index (κ2) is 3.85. The van der Waals surface area contributed by atoms with E-state index in [0.717, 1.165) is 0 Å². The molecule has 5 heteroatoms. The highest BCUT2D eigenvalue weighted by Gasteiger charge is 2.12. The number of hydrogen-bond acceptors (Lipinski definition) is 3. The molecule has 0 unspecified atom stereocenters. The highest BCUT2D eigenvalue weighted by atomic mass is 32.2. The molecule has 0 saturated heterocycles. The molecule has 0 aliphatic heterocycles. The van der Waals surface area contributed by atoms with Crippen LogP contribution >= 0.6 is 0 Å². The quantitative estimate of drug-likeness (QED) is 0.717. The van der Waals surface area contributed by atoms with Crippen molar-refractivity contribution in [1.82, 2.24) is 10.7 Å². The SMILES string of the molecule is CCS(=O)(=O)c1cc(C[NH])ccn1. The molecule has 1 N–H and O–H groups in total. The molecule has 71 valence electrons. The number of rotatable bonds is 3. The van der Waals surface area contributed by atoms with E-state index in [1.54, 1.807) is 13.0 Å². The monoisotopic (exact) mass is 199 g/mol. The molecular formula is C8H11N2O2S. The molecule has 0 spiro atoms. The Kier molecular flexibility index (Phi) is 3.00. The van der Waals surface area contributed by atoms with Crippen molar-refractivity contribution in [1.29, 1.82) is 0 Å². The average molecular weight is 199 g/mol. The van der Waals surface area contributed by atoms with E-state index in [4.69, 9.17) is 5.73 Å². The van der Waals surface area contributed by atoms with Crippen molar-refractivity contribution in [2.24, 2.45) is 0 Å². The molecule has 1 heterocycles. The largest absolute Gasteiger partial charge is 0.253 e. The lowest BCUT2D eigenvalue weighted by Crippen LogP contribution is -2.06. The average Bonchev–Trinajstić information content (AvgIpc) is 2.18. The third-order valence-corrected chi connectivity index (χ3v) is 3.32. The minimum atomic E-state index is -3.23. The third-order valence-electron chi connectivity index (χ3n) is 1.70. The van der Waals surface area contributed by atoms with Gasteiger partial charge < -0.3 is 0 Å². The summed E-state index contributed by atoms with van der Waals surface area (Å²) in [6, 6.07) is 3.09. The normalized spacial score (nSPS) is 11.5. The zero-order valence-electron chi connectivity index (χ0n) is 7.32. The standard InChI is InChI=1S/C8H11N2O2S/c1-2-13(11,12)8-5-7(6-9)3-4-10-8/h3-5,9H,2,6H2,1H3. The maximum absolute atomic E-state index is 11.3. The Morgan fingerprint density at radius 2 is 2.23 bits per heavy atom. The summed E-state index contributed by atoms with van der Waals surface area (Å²) in [6.07, 6.45) is 1.42. The van der Waals surface area contributed by atoms with Gasteiger partial charge in [0, 0.05) is 12.7 Å². The zero-order chi connectivity index (χ0) is 9.90. The highest BCUT2D eigenvalue weighted by Crippen LogP contribution is 2.09. The number of pyridine rings is 1. The van der Waals surface area contributed by atoms with E-state index in [9.17, 15) is 8.42 Å². The van der Waals surface area contributed by atoms with E-state index in [2.05, 4.69) is 4.98 Å². The Bertz CT molecular complexity index is 387. The first kappa shape index (κ1) is 10.1. The summed E-state index contributed by atoms with van der Waals surface area (Å²) >= 11 is 0. The minimum absolute atomic E-state index is 0.0431. The van der Waals surface area contributed by atoms with Gasteiger partial charge in [0.1, 0.15) is 0 Å². The number of nitrogens with zero attached hydrogens (tertiary/aromatic N) is 1. The van der Waals surface area contributed by atoms with Gasteiger partial charge >= 0.3 is 0 Å². The van der Waals surface area contributed by atoms with Gasteiger partial charge in [-0.2, -0.15) is 0 Å². The molecule has 0 amide bonds. The van der Waals surface area contributed by atoms with E-state index in [1.165, 1.54) is 12.3 Å². The summed E-state index contributed by atoms with van der Waals surface area (Å²) in [7, 11) is -3.23. The lowest BCUT2D eigenvalue weighted by atomic mass is 10.3. The van der Waals surface area contributed by atoms with Crippen LogP contribution in [0.5, 0.6) is 0 Å². The van der Waals surface area contributed by atoms with Gasteiger partial charge in [-0.15, -0.1) is 0 Å². The minimum Gasteiger partial charge on any atom is -0.253 e. The first-order valence-corrected chi connectivity index (χ1v) is 5.57. The molecule has 0 saturated carbocycles. The van der Waals surface area contributed by atoms with Crippen LogP contribution in [0.25, 0.3) is 0 Å². The van der Waals surface area contributed by atoms with Gasteiger partial charge in [-0.3, -0.25) is 5.73 Å². The van der Waals surface area contributed by atoms with E-state index in [0.29, 0.717) is 5.56 Å². The van der Waals surface area contributed by atoms with Gasteiger partial charge in [-0.05, 0) is 17.7 Å². The molecule has 1 radical (unpaired) electrons. The van der Waals surface area contributed by atoms with Crippen molar-refractivity contribution in [3.63, 3.8) is 0 Å². The van der Waals surface area contributed by atoms with Crippen molar-refractivity contribution in [2.75, 3.05) is 5.75 Å². The number of nitrogens with one attached hydrogen (secondary N) is 1. The van der Waals surface area contributed by atoms with Crippen molar-refractivity contribution < 1.29 is 8.42 Å². The maximum Gasteiger partial charge on any atom is 0.195 e.